The summed E-state index contributed by atoms with van der Waals surface area (Å²) in [5, 5.41) is 3.13. The van der Waals surface area contributed by atoms with Gasteiger partial charge in [-0.2, -0.15) is 0 Å². The average Bonchev–Trinajstić information content (AvgIpc) is 3.44. The zero-order chi connectivity index (χ0) is 25.0. The second kappa shape index (κ2) is 8.58. The van der Waals surface area contributed by atoms with Gasteiger partial charge in [0.25, 0.3) is 11.8 Å². The van der Waals surface area contributed by atoms with E-state index in [0.29, 0.717) is 42.8 Å². The number of hydrogen-bond donors (Lipinski definition) is 2. The maximum atomic E-state index is 13.5. The summed E-state index contributed by atoms with van der Waals surface area (Å²) >= 11 is 0. The molecule has 9 heteroatoms. The van der Waals surface area contributed by atoms with Crippen molar-refractivity contribution in [2.75, 3.05) is 13.1 Å². The molecule has 8 nitrogen and oxygen atoms in total. The molecule has 2 N–H and O–H groups in total. The number of piperidine rings is 2. The number of carbonyl (C=O) groups excluding carboxylic acids is 4. The van der Waals surface area contributed by atoms with Crippen molar-refractivity contribution >= 4 is 34.5 Å². The Hall–Kier alpha value is -4.01. The molecule has 0 bridgehead atoms. The van der Waals surface area contributed by atoms with Gasteiger partial charge in [-0.05, 0) is 66.6 Å². The molecule has 1 unspecified atom stereocenters. The summed E-state index contributed by atoms with van der Waals surface area (Å²) in [6.07, 6.45) is 2.16. The Morgan fingerprint density at radius 3 is 2.56 bits per heavy atom. The summed E-state index contributed by atoms with van der Waals surface area (Å²) in [6, 6.07) is 11.4. The number of nitrogens with zero attached hydrogens (tertiary/aromatic N) is 2. The molecular formula is C27H25FN4O4. The Kier molecular flexibility index (Phi) is 5.35. The number of aromatic amines is 1. The highest BCUT2D eigenvalue weighted by molar-refractivity contribution is 6.05. The first-order valence-electron chi connectivity index (χ1n) is 12.2. The number of imide groups is 1. The minimum Gasteiger partial charge on any atom is -0.350 e. The Morgan fingerprint density at radius 1 is 0.972 bits per heavy atom. The van der Waals surface area contributed by atoms with E-state index < -0.39 is 11.9 Å². The van der Waals surface area contributed by atoms with Crippen LogP contribution in [0, 0.1) is 5.82 Å². The molecule has 2 aromatic carbocycles. The number of H-pyrrole nitrogens is 1. The van der Waals surface area contributed by atoms with Crippen LogP contribution in [0.1, 0.15) is 63.6 Å². The number of benzene rings is 2. The zero-order valence-corrected chi connectivity index (χ0v) is 19.6. The maximum Gasteiger partial charge on any atom is 0.270 e. The zero-order valence-electron chi connectivity index (χ0n) is 19.6. The lowest BCUT2D eigenvalue weighted by molar-refractivity contribution is -0.136. The first-order valence-corrected chi connectivity index (χ1v) is 12.2. The van der Waals surface area contributed by atoms with Crippen molar-refractivity contribution in [2.24, 2.45) is 0 Å². The molecule has 1 aromatic heterocycles. The quantitative estimate of drug-likeness (QED) is 0.553. The number of hydrogen-bond acceptors (Lipinski definition) is 4. The van der Waals surface area contributed by atoms with Crippen LogP contribution in [0.4, 0.5) is 4.39 Å². The predicted molar refractivity (Wildman–Crippen MR) is 129 cm³/mol. The molecule has 2 fully saturated rings. The number of likely N-dealkylation sites (tertiary alicyclic amines) is 1. The fourth-order valence-electron chi connectivity index (χ4n) is 5.65. The predicted octanol–water partition coefficient (Wildman–Crippen LogP) is 3.09. The highest BCUT2D eigenvalue weighted by atomic mass is 19.1. The van der Waals surface area contributed by atoms with Crippen molar-refractivity contribution in [3.8, 4) is 0 Å². The minimum atomic E-state index is -0.624. The Morgan fingerprint density at radius 2 is 1.78 bits per heavy atom. The van der Waals surface area contributed by atoms with Gasteiger partial charge in [-0.3, -0.25) is 24.5 Å². The fourth-order valence-corrected chi connectivity index (χ4v) is 5.65. The van der Waals surface area contributed by atoms with Gasteiger partial charge in [0.05, 0.1) is 0 Å². The molecule has 6 rings (SSSR count). The number of fused-ring (bicyclic) bond motifs is 2. The lowest BCUT2D eigenvalue weighted by Crippen LogP contribution is -2.52. The van der Waals surface area contributed by atoms with E-state index in [4.69, 9.17) is 0 Å². The lowest BCUT2D eigenvalue weighted by atomic mass is 9.88. The van der Waals surface area contributed by atoms with Crippen LogP contribution >= 0.6 is 0 Å². The maximum absolute atomic E-state index is 13.5. The number of halogens is 1. The average molecular weight is 489 g/mol. The van der Waals surface area contributed by atoms with Crippen LogP contribution in [0.2, 0.25) is 0 Å². The molecule has 3 aliphatic rings. The van der Waals surface area contributed by atoms with E-state index in [9.17, 15) is 23.6 Å². The van der Waals surface area contributed by atoms with Crippen LogP contribution in [-0.4, -0.2) is 57.5 Å². The summed E-state index contributed by atoms with van der Waals surface area (Å²) < 4.78 is 13.5. The largest absolute Gasteiger partial charge is 0.350 e. The summed E-state index contributed by atoms with van der Waals surface area (Å²) in [4.78, 5) is 56.1. The van der Waals surface area contributed by atoms with Crippen molar-refractivity contribution in [1.82, 2.24) is 20.1 Å². The van der Waals surface area contributed by atoms with Crippen LogP contribution in [0.15, 0.2) is 42.5 Å². The first-order chi connectivity index (χ1) is 17.4. The molecule has 3 aliphatic heterocycles. The molecule has 3 aromatic rings. The number of nitrogens with one attached hydrogen (secondary N) is 2. The third kappa shape index (κ3) is 3.84. The molecule has 4 heterocycles. The van der Waals surface area contributed by atoms with E-state index in [1.165, 1.54) is 12.1 Å². The van der Waals surface area contributed by atoms with Crippen molar-refractivity contribution in [2.45, 2.75) is 44.2 Å². The van der Waals surface area contributed by atoms with E-state index in [2.05, 4.69) is 10.3 Å². The molecule has 4 amide bonds. The third-order valence-electron chi connectivity index (χ3n) is 7.62. The number of rotatable bonds is 3. The van der Waals surface area contributed by atoms with Crippen molar-refractivity contribution in [3.05, 3.63) is 70.7 Å². The van der Waals surface area contributed by atoms with Gasteiger partial charge in [0, 0.05) is 42.5 Å². The van der Waals surface area contributed by atoms with Crippen molar-refractivity contribution in [3.63, 3.8) is 0 Å². The number of amides is 4. The van der Waals surface area contributed by atoms with Gasteiger partial charge in [-0.25, -0.2) is 4.39 Å². The van der Waals surface area contributed by atoms with Crippen LogP contribution in [-0.2, 0) is 16.1 Å². The monoisotopic (exact) mass is 488 g/mol. The Labute approximate surface area is 206 Å². The normalized spacial score (nSPS) is 20.7. The molecule has 0 saturated carbocycles. The van der Waals surface area contributed by atoms with E-state index in [-0.39, 0.29) is 35.9 Å². The summed E-state index contributed by atoms with van der Waals surface area (Å²) in [5.41, 5.74) is 3.68. The molecule has 0 radical (unpaired) electrons. The molecule has 36 heavy (non-hydrogen) atoms. The standard InChI is InChI=1S/C27H25FN4O4/c28-19-3-1-17-12-22(29-21(17)13-19)27(36)31-9-7-15(8-10-31)16-2-4-20-18(11-16)14-32(26(20)35)23-5-6-24(33)30-25(23)34/h1-4,11-13,15,23,29H,5-10,14H2,(H,30,33,34). The first kappa shape index (κ1) is 22.5. The van der Waals surface area contributed by atoms with Crippen molar-refractivity contribution < 1.29 is 23.6 Å². The fraction of sp³-hybridized carbons (Fsp3) is 0.333. The minimum absolute atomic E-state index is 0.0931. The summed E-state index contributed by atoms with van der Waals surface area (Å²) in [5.74, 6) is -1.07. The van der Waals surface area contributed by atoms with Gasteiger partial charge in [0.15, 0.2) is 0 Å². The van der Waals surface area contributed by atoms with Crippen LogP contribution in [0.5, 0.6) is 0 Å². The summed E-state index contributed by atoms with van der Waals surface area (Å²) in [6.45, 7) is 1.56. The molecule has 184 valence electrons. The van der Waals surface area contributed by atoms with E-state index in [1.807, 2.05) is 23.1 Å². The van der Waals surface area contributed by atoms with E-state index in [0.717, 1.165) is 29.4 Å². The second-order valence-electron chi connectivity index (χ2n) is 9.80. The Bertz CT molecular complexity index is 1420. The van der Waals surface area contributed by atoms with E-state index >= 15 is 0 Å². The van der Waals surface area contributed by atoms with Crippen LogP contribution < -0.4 is 5.32 Å². The van der Waals surface area contributed by atoms with Crippen LogP contribution in [0.25, 0.3) is 10.9 Å². The van der Waals surface area contributed by atoms with Gasteiger partial charge in [0.2, 0.25) is 11.8 Å². The van der Waals surface area contributed by atoms with Crippen molar-refractivity contribution in [1.29, 1.82) is 0 Å². The molecule has 2 saturated heterocycles. The smallest absolute Gasteiger partial charge is 0.270 e. The highest BCUT2D eigenvalue weighted by Gasteiger charge is 2.39. The molecule has 0 spiro atoms. The molecule has 1 atom stereocenters. The topological polar surface area (TPSA) is 103 Å². The Balaban J connectivity index is 1.12. The van der Waals surface area contributed by atoms with Gasteiger partial charge in [-0.15, -0.1) is 0 Å². The van der Waals surface area contributed by atoms with Gasteiger partial charge in [-0.1, -0.05) is 12.1 Å². The van der Waals surface area contributed by atoms with Crippen LogP contribution in [0.3, 0.4) is 0 Å². The molecule has 0 aliphatic carbocycles. The highest BCUT2D eigenvalue weighted by Crippen LogP contribution is 2.34. The second-order valence-corrected chi connectivity index (χ2v) is 9.80. The van der Waals surface area contributed by atoms with E-state index in [1.54, 1.807) is 17.0 Å². The molecular weight excluding hydrogens is 463 g/mol. The van der Waals surface area contributed by atoms with Gasteiger partial charge in [0.1, 0.15) is 17.6 Å². The SMILES string of the molecule is O=C1CCC(N2Cc3cc(C4CCN(C(=O)c5cc6ccc(F)cc6[nH]5)CC4)ccc3C2=O)C(=O)N1. The number of carbonyl (C=O) groups is 4. The third-order valence-corrected chi connectivity index (χ3v) is 7.62. The summed E-state index contributed by atoms with van der Waals surface area (Å²) in [7, 11) is 0. The van der Waals surface area contributed by atoms with Gasteiger partial charge >= 0.3 is 0 Å². The lowest BCUT2D eigenvalue weighted by Gasteiger charge is -2.32. The number of aromatic nitrogens is 1. The van der Waals surface area contributed by atoms with Gasteiger partial charge < -0.3 is 14.8 Å².